The molecule has 0 aliphatic rings. The van der Waals surface area contributed by atoms with Gasteiger partial charge in [0.05, 0.1) is 57.7 Å². The Kier molecular flexibility index (Phi) is 8.80. The van der Waals surface area contributed by atoms with Crippen LogP contribution >= 0.6 is 0 Å². The fourth-order valence-electron chi connectivity index (χ4n) is 7.63. The second kappa shape index (κ2) is 14.9. The second-order valence-corrected chi connectivity index (χ2v) is 14.1. The van der Waals surface area contributed by atoms with E-state index in [9.17, 15) is 5.26 Å². The smallest absolute Gasteiger partial charge is 0.188 e. The van der Waals surface area contributed by atoms with E-state index in [0.717, 1.165) is 83.6 Å². The molecule has 10 aromatic rings. The zero-order chi connectivity index (χ0) is 39.7. The summed E-state index contributed by atoms with van der Waals surface area (Å²) in [6.07, 6.45) is 0. The third-order valence-electron chi connectivity index (χ3n) is 10.5. The second-order valence-electron chi connectivity index (χ2n) is 14.1. The van der Waals surface area contributed by atoms with E-state index in [2.05, 4.69) is 70.1 Å². The quantitative estimate of drug-likeness (QED) is 0.151. The molecule has 0 amide bonds. The molecular formula is C52H31N7. The highest BCUT2D eigenvalue weighted by atomic mass is 15.0. The number of nitrogens with zero attached hydrogens (tertiary/aromatic N) is 7. The van der Waals surface area contributed by atoms with Gasteiger partial charge in [-0.25, -0.2) is 24.8 Å². The summed E-state index contributed by atoms with van der Waals surface area (Å²) in [6.45, 7) is 7.79. The van der Waals surface area contributed by atoms with Crippen molar-refractivity contribution in [2.75, 3.05) is 0 Å². The molecule has 274 valence electrons. The lowest BCUT2D eigenvalue weighted by Gasteiger charge is -2.17. The predicted molar refractivity (Wildman–Crippen MR) is 236 cm³/mol. The minimum absolute atomic E-state index is 0.521. The van der Waals surface area contributed by atoms with Crippen molar-refractivity contribution in [3.63, 3.8) is 0 Å². The van der Waals surface area contributed by atoms with E-state index in [4.69, 9.17) is 26.5 Å². The van der Waals surface area contributed by atoms with Gasteiger partial charge in [0, 0.05) is 38.8 Å². The van der Waals surface area contributed by atoms with E-state index in [-0.39, 0.29) is 0 Å². The molecule has 0 radical (unpaired) electrons. The van der Waals surface area contributed by atoms with Gasteiger partial charge in [-0.1, -0.05) is 133 Å². The Morgan fingerprint density at radius 1 is 0.441 bits per heavy atom. The van der Waals surface area contributed by atoms with E-state index in [0.29, 0.717) is 22.9 Å². The largest absolute Gasteiger partial charge is 0.309 e. The van der Waals surface area contributed by atoms with Gasteiger partial charge in [0.25, 0.3) is 0 Å². The third kappa shape index (κ3) is 6.55. The van der Waals surface area contributed by atoms with Crippen molar-refractivity contribution in [1.82, 2.24) is 24.5 Å². The Hall–Kier alpha value is -8.52. The van der Waals surface area contributed by atoms with Crippen LogP contribution in [0, 0.1) is 17.9 Å². The molecule has 0 aliphatic heterocycles. The lowest BCUT2D eigenvalue weighted by Crippen LogP contribution is -2.03. The number of fused-ring (bicyclic) bond motifs is 3. The Balaban J connectivity index is 1.28. The van der Waals surface area contributed by atoms with E-state index in [1.165, 1.54) is 0 Å². The van der Waals surface area contributed by atoms with Crippen LogP contribution in [0.15, 0.2) is 188 Å². The monoisotopic (exact) mass is 753 g/mol. The number of nitriles is 1. The maximum atomic E-state index is 9.92. The predicted octanol–water partition coefficient (Wildman–Crippen LogP) is 12.8. The highest BCUT2D eigenvalue weighted by molar-refractivity contribution is 6.11. The zero-order valence-electron chi connectivity index (χ0n) is 31.5. The maximum Gasteiger partial charge on any atom is 0.188 e. The molecule has 0 atom stereocenters. The first kappa shape index (κ1) is 34.9. The molecule has 59 heavy (non-hydrogen) atoms. The summed E-state index contributed by atoms with van der Waals surface area (Å²) in [7, 11) is 0. The Labute approximate surface area is 340 Å². The molecule has 0 aliphatic carbocycles. The summed E-state index contributed by atoms with van der Waals surface area (Å²) < 4.78 is 2.18. The van der Waals surface area contributed by atoms with Crippen LogP contribution in [-0.4, -0.2) is 24.5 Å². The number of rotatable bonds is 7. The third-order valence-corrected chi connectivity index (χ3v) is 10.5. The van der Waals surface area contributed by atoms with E-state index in [1.54, 1.807) is 0 Å². The molecule has 7 aromatic carbocycles. The SMILES string of the molecule is [C-]#[N+]c1ccc2c(c1)c1cc(C#N)ccc1n2-c1ccc(-c2cc(-c3ccccc3)nc(-c3ccccc3)n2)cc1-c1nc(-c2ccccc2)cc(-c2ccccc2)n1. The van der Waals surface area contributed by atoms with E-state index >= 15 is 0 Å². The molecule has 0 unspecified atom stereocenters. The van der Waals surface area contributed by atoms with Gasteiger partial charge in [-0.05, 0) is 60.0 Å². The van der Waals surface area contributed by atoms with Crippen molar-refractivity contribution < 1.29 is 0 Å². The maximum absolute atomic E-state index is 9.92. The topological polar surface area (TPSA) is 84.6 Å². The van der Waals surface area contributed by atoms with Gasteiger partial charge >= 0.3 is 0 Å². The number of hydrogen-bond donors (Lipinski definition) is 0. The summed E-state index contributed by atoms with van der Waals surface area (Å²) in [5.74, 6) is 1.15. The van der Waals surface area contributed by atoms with Crippen molar-refractivity contribution in [3.8, 4) is 79.6 Å². The fraction of sp³-hybridized carbons (Fsp3) is 0. The van der Waals surface area contributed by atoms with Gasteiger partial charge in [-0.15, -0.1) is 0 Å². The lowest BCUT2D eigenvalue weighted by molar-refractivity contribution is 1.13. The Bertz CT molecular complexity index is 3090. The zero-order valence-corrected chi connectivity index (χ0v) is 31.5. The first-order valence-electron chi connectivity index (χ1n) is 19.1. The van der Waals surface area contributed by atoms with Gasteiger partial charge in [-0.3, -0.25) is 0 Å². The van der Waals surface area contributed by atoms with Crippen LogP contribution in [0.3, 0.4) is 0 Å². The van der Waals surface area contributed by atoms with Gasteiger partial charge in [0.15, 0.2) is 17.3 Å². The first-order valence-corrected chi connectivity index (χ1v) is 19.1. The number of aromatic nitrogens is 5. The molecule has 7 nitrogen and oxygen atoms in total. The molecule has 10 rings (SSSR count). The summed E-state index contributed by atoms with van der Waals surface area (Å²) in [5.41, 5.74) is 12.3. The molecule has 3 aromatic heterocycles. The van der Waals surface area contributed by atoms with Crippen LogP contribution in [0.25, 0.3) is 100 Å². The van der Waals surface area contributed by atoms with Crippen LogP contribution in [0.2, 0.25) is 0 Å². The Morgan fingerprint density at radius 3 is 1.44 bits per heavy atom. The molecule has 7 heteroatoms. The van der Waals surface area contributed by atoms with E-state index in [1.807, 2.05) is 133 Å². The van der Waals surface area contributed by atoms with Crippen molar-refractivity contribution >= 4 is 27.5 Å². The summed E-state index contributed by atoms with van der Waals surface area (Å²) in [5, 5.41) is 11.7. The molecule has 0 fully saturated rings. The van der Waals surface area contributed by atoms with Gasteiger partial charge in [-0.2, -0.15) is 5.26 Å². The minimum Gasteiger partial charge on any atom is -0.309 e. The van der Waals surface area contributed by atoms with Crippen LogP contribution in [0.1, 0.15) is 5.56 Å². The molecule has 0 saturated heterocycles. The Morgan fingerprint density at radius 2 is 0.915 bits per heavy atom. The molecule has 0 saturated carbocycles. The molecular weight excluding hydrogens is 723 g/mol. The van der Waals surface area contributed by atoms with Gasteiger partial charge < -0.3 is 4.57 Å². The van der Waals surface area contributed by atoms with Gasteiger partial charge in [0.1, 0.15) is 0 Å². The average molecular weight is 754 g/mol. The van der Waals surface area contributed by atoms with Crippen LogP contribution in [0.5, 0.6) is 0 Å². The van der Waals surface area contributed by atoms with Crippen LogP contribution in [0.4, 0.5) is 5.69 Å². The van der Waals surface area contributed by atoms with Crippen LogP contribution in [-0.2, 0) is 0 Å². The first-order chi connectivity index (χ1) is 29.1. The molecule has 0 bridgehead atoms. The van der Waals surface area contributed by atoms with Crippen molar-refractivity contribution in [1.29, 1.82) is 5.26 Å². The molecule has 3 heterocycles. The van der Waals surface area contributed by atoms with Gasteiger partial charge in [0.2, 0.25) is 0 Å². The van der Waals surface area contributed by atoms with Crippen LogP contribution < -0.4 is 0 Å². The highest BCUT2D eigenvalue weighted by Crippen LogP contribution is 2.40. The average Bonchev–Trinajstić information content (AvgIpc) is 3.64. The number of benzene rings is 7. The molecule has 0 spiro atoms. The standard InChI is InChI=1S/C52H31N7/c1-54-40-24-27-49-42(30-40)41-28-34(33-53)22-25-48(41)59(49)50-26-23-39(47-32-44(35-14-6-2-7-15-35)55-51(56-47)38-20-12-5-13-21-38)29-43(50)52-57-45(36-16-8-3-9-17-36)31-46(58-52)37-18-10-4-11-19-37/h2-32H. The van der Waals surface area contributed by atoms with E-state index < -0.39 is 0 Å². The van der Waals surface area contributed by atoms with Crippen molar-refractivity contribution in [2.45, 2.75) is 0 Å². The van der Waals surface area contributed by atoms with Crippen molar-refractivity contribution in [2.24, 2.45) is 0 Å². The minimum atomic E-state index is 0.521. The molecule has 0 N–H and O–H groups in total. The summed E-state index contributed by atoms with van der Waals surface area (Å²) in [4.78, 5) is 24.6. The number of hydrogen-bond acceptors (Lipinski definition) is 5. The fourth-order valence-corrected chi connectivity index (χ4v) is 7.63. The highest BCUT2D eigenvalue weighted by Gasteiger charge is 2.21. The lowest BCUT2D eigenvalue weighted by atomic mass is 10.0. The summed E-state index contributed by atoms with van der Waals surface area (Å²) in [6, 6.07) is 64.5. The van der Waals surface area contributed by atoms with Crippen molar-refractivity contribution in [3.05, 3.63) is 205 Å². The normalized spacial score (nSPS) is 11.0. The summed E-state index contributed by atoms with van der Waals surface area (Å²) >= 11 is 0.